The number of aromatic nitrogens is 3. The van der Waals surface area contributed by atoms with Crippen LogP contribution in [-0.4, -0.2) is 52.3 Å². The van der Waals surface area contributed by atoms with Crippen LogP contribution in [0.2, 0.25) is 0 Å². The molecule has 25 heavy (non-hydrogen) atoms. The van der Waals surface area contributed by atoms with E-state index in [0.717, 1.165) is 17.7 Å². The first-order chi connectivity index (χ1) is 12.1. The Kier molecular flexibility index (Phi) is 6.90. The van der Waals surface area contributed by atoms with Crippen LogP contribution in [0.4, 0.5) is 0 Å². The number of benzene rings is 1. The van der Waals surface area contributed by atoms with Gasteiger partial charge in [0, 0.05) is 26.7 Å². The maximum absolute atomic E-state index is 11.9. The molecular weight excluding hydrogens is 328 g/mol. The minimum atomic E-state index is -1.19. The summed E-state index contributed by atoms with van der Waals surface area (Å²) in [4.78, 5) is 22.6. The second-order valence-corrected chi connectivity index (χ2v) is 5.23. The van der Waals surface area contributed by atoms with Crippen molar-refractivity contribution in [3.63, 3.8) is 0 Å². The Balaban J connectivity index is 1.79. The predicted molar refractivity (Wildman–Crippen MR) is 87.3 cm³/mol. The van der Waals surface area contributed by atoms with Crippen molar-refractivity contribution >= 4 is 11.9 Å². The molecule has 134 valence electrons. The lowest BCUT2D eigenvalue weighted by Gasteiger charge is -2.09. The number of nitrogens with one attached hydrogen (secondary N) is 1. The first-order valence-corrected chi connectivity index (χ1v) is 7.69. The van der Waals surface area contributed by atoms with Crippen molar-refractivity contribution in [2.24, 2.45) is 0 Å². The largest absolute Gasteiger partial charge is 0.493 e. The van der Waals surface area contributed by atoms with E-state index in [4.69, 9.17) is 14.6 Å². The summed E-state index contributed by atoms with van der Waals surface area (Å²) < 4.78 is 11.7. The Hall–Kier alpha value is -2.94. The molecule has 1 heterocycles. The number of carboxylic acid groups (broad SMARTS) is 1. The molecule has 2 N–H and O–H groups in total. The molecule has 0 fully saturated rings. The summed E-state index contributed by atoms with van der Waals surface area (Å²) in [6, 6.07) is 7.43. The molecule has 0 saturated carbocycles. The molecule has 0 aliphatic heterocycles. The van der Waals surface area contributed by atoms with Crippen molar-refractivity contribution < 1.29 is 24.2 Å². The minimum absolute atomic E-state index is 0.104. The van der Waals surface area contributed by atoms with Crippen molar-refractivity contribution in [1.29, 1.82) is 0 Å². The lowest BCUT2D eigenvalue weighted by atomic mass is 10.2. The van der Waals surface area contributed by atoms with Crippen LogP contribution in [0.1, 0.15) is 22.5 Å². The van der Waals surface area contributed by atoms with E-state index in [-0.39, 0.29) is 18.1 Å². The van der Waals surface area contributed by atoms with E-state index < -0.39 is 5.97 Å². The molecule has 0 spiro atoms. The Morgan fingerprint density at radius 1 is 1.32 bits per heavy atom. The molecule has 2 aromatic rings. The van der Waals surface area contributed by atoms with Gasteiger partial charge in [-0.3, -0.25) is 4.79 Å². The van der Waals surface area contributed by atoms with Crippen LogP contribution in [-0.2, 0) is 22.6 Å². The van der Waals surface area contributed by atoms with Crippen molar-refractivity contribution in [2.45, 2.75) is 19.5 Å². The summed E-state index contributed by atoms with van der Waals surface area (Å²) in [6.07, 6.45) is 2.00. The van der Waals surface area contributed by atoms with Gasteiger partial charge >= 0.3 is 5.97 Å². The number of rotatable bonds is 10. The number of ether oxygens (including phenoxy) is 2. The molecule has 1 amide bonds. The Morgan fingerprint density at radius 2 is 2.16 bits per heavy atom. The number of carbonyl (C=O) groups is 2. The van der Waals surface area contributed by atoms with Crippen LogP contribution >= 0.6 is 0 Å². The molecule has 0 aliphatic carbocycles. The smallest absolute Gasteiger partial charge is 0.358 e. The van der Waals surface area contributed by atoms with Gasteiger partial charge in [0.15, 0.2) is 5.69 Å². The molecule has 0 radical (unpaired) electrons. The number of nitrogens with zero attached hydrogens (tertiary/aromatic N) is 3. The van der Waals surface area contributed by atoms with Crippen LogP contribution in [0, 0.1) is 0 Å². The highest BCUT2D eigenvalue weighted by Crippen LogP contribution is 2.13. The monoisotopic (exact) mass is 348 g/mol. The van der Waals surface area contributed by atoms with E-state index in [9.17, 15) is 9.59 Å². The Morgan fingerprint density at radius 3 is 2.88 bits per heavy atom. The van der Waals surface area contributed by atoms with Gasteiger partial charge in [-0.25, -0.2) is 9.48 Å². The zero-order chi connectivity index (χ0) is 18.1. The van der Waals surface area contributed by atoms with Crippen molar-refractivity contribution in [1.82, 2.24) is 20.3 Å². The molecule has 9 nitrogen and oxygen atoms in total. The zero-order valence-electron chi connectivity index (χ0n) is 13.8. The second kappa shape index (κ2) is 9.38. The van der Waals surface area contributed by atoms with Crippen LogP contribution in [0.3, 0.4) is 0 Å². The van der Waals surface area contributed by atoms with Gasteiger partial charge in [-0.2, -0.15) is 0 Å². The first-order valence-electron chi connectivity index (χ1n) is 7.69. The minimum Gasteiger partial charge on any atom is -0.493 e. The first kappa shape index (κ1) is 18.4. The van der Waals surface area contributed by atoms with Gasteiger partial charge in [-0.1, -0.05) is 17.3 Å². The molecule has 2 rings (SSSR count). The number of aromatic carboxylic acids is 1. The second-order valence-electron chi connectivity index (χ2n) is 5.23. The number of hydrogen-bond donors (Lipinski definition) is 2. The fourth-order valence-electron chi connectivity index (χ4n) is 2.02. The number of carboxylic acids is 1. The van der Waals surface area contributed by atoms with Crippen molar-refractivity contribution in [3.8, 4) is 5.75 Å². The number of hydrogen-bond acceptors (Lipinski definition) is 6. The van der Waals surface area contributed by atoms with Crippen LogP contribution in [0.15, 0.2) is 30.5 Å². The fraction of sp³-hybridized carbons (Fsp3) is 0.375. The average molecular weight is 348 g/mol. The van der Waals surface area contributed by atoms with Crippen molar-refractivity contribution in [3.05, 3.63) is 41.7 Å². The van der Waals surface area contributed by atoms with E-state index >= 15 is 0 Å². The highest BCUT2D eigenvalue weighted by atomic mass is 16.5. The lowest BCUT2D eigenvalue weighted by Crippen LogP contribution is -2.27. The standard InChI is InChI=1S/C16H20N4O5/c1-24-6-3-7-25-13-5-2-4-12(8-13)9-17-15(21)11-20-10-14(16(22)23)18-19-20/h2,4-5,8,10H,3,6-7,9,11H2,1H3,(H,17,21)(H,22,23). The van der Waals surface area contributed by atoms with E-state index in [2.05, 4.69) is 15.6 Å². The third-order valence-corrected chi connectivity index (χ3v) is 3.21. The molecule has 1 aromatic heterocycles. The van der Waals surface area contributed by atoms with Crippen LogP contribution < -0.4 is 10.1 Å². The van der Waals surface area contributed by atoms with Gasteiger partial charge in [0.05, 0.1) is 12.8 Å². The Labute approximate surface area is 144 Å². The summed E-state index contributed by atoms with van der Waals surface area (Å²) in [5, 5.41) is 18.5. The molecule has 0 bridgehead atoms. The highest BCUT2D eigenvalue weighted by Gasteiger charge is 2.10. The maximum Gasteiger partial charge on any atom is 0.358 e. The van der Waals surface area contributed by atoms with Crippen molar-refractivity contribution in [2.75, 3.05) is 20.3 Å². The molecular formula is C16H20N4O5. The van der Waals surface area contributed by atoms with E-state index in [1.807, 2.05) is 24.3 Å². The van der Waals surface area contributed by atoms with E-state index in [1.165, 1.54) is 10.9 Å². The van der Waals surface area contributed by atoms with E-state index in [1.54, 1.807) is 7.11 Å². The summed E-state index contributed by atoms with van der Waals surface area (Å²) in [6.45, 7) is 1.42. The van der Waals surface area contributed by atoms with Crippen LogP contribution in [0.25, 0.3) is 0 Å². The van der Waals surface area contributed by atoms with Gasteiger partial charge in [0.2, 0.25) is 5.91 Å². The third kappa shape index (κ3) is 6.22. The highest BCUT2D eigenvalue weighted by molar-refractivity contribution is 5.84. The number of methoxy groups -OCH3 is 1. The molecule has 0 atom stereocenters. The molecule has 0 aliphatic rings. The number of amides is 1. The maximum atomic E-state index is 11.9. The average Bonchev–Trinajstić information content (AvgIpc) is 3.06. The summed E-state index contributed by atoms with van der Waals surface area (Å²) >= 11 is 0. The molecule has 0 saturated heterocycles. The number of carbonyl (C=O) groups excluding carboxylic acids is 1. The summed E-state index contributed by atoms with van der Waals surface area (Å²) in [5.74, 6) is -0.757. The molecule has 1 aromatic carbocycles. The SMILES string of the molecule is COCCCOc1cccc(CNC(=O)Cn2cc(C(=O)O)nn2)c1. The normalized spacial score (nSPS) is 10.4. The molecule has 0 unspecified atom stereocenters. The van der Waals surface area contributed by atoms with Gasteiger partial charge < -0.3 is 19.9 Å². The summed E-state index contributed by atoms with van der Waals surface area (Å²) in [7, 11) is 1.64. The predicted octanol–water partition coefficient (Wildman–Crippen LogP) is 0.708. The topological polar surface area (TPSA) is 116 Å². The van der Waals surface area contributed by atoms with Gasteiger partial charge in [0.25, 0.3) is 0 Å². The zero-order valence-corrected chi connectivity index (χ0v) is 13.8. The van der Waals surface area contributed by atoms with Gasteiger partial charge in [-0.15, -0.1) is 5.10 Å². The summed E-state index contributed by atoms with van der Waals surface area (Å²) in [5.41, 5.74) is 0.688. The van der Waals surface area contributed by atoms with Crippen LogP contribution in [0.5, 0.6) is 5.75 Å². The fourth-order valence-corrected chi connectivity index (χ4v) is 2.02. The quantitative estimate of drug-likeness (QED) is 0.607. The van der Waals surface area contributed by atoms with E-state index in [0.29, 0.717) is 19.8 Å². The third-order valence-electron chi connectivity index (χ3n) is 3.21. The lowest BCUT2D eigenvalue weighted by molar-refractivity contribution is -0.122. The van der Waals surface area contributed by atoms with Gasteiger partial charge in [-0.05, 0) is 17.7 Å². The Bertz CT molecular complexity index is 716. The van der Waals surface area contributed by atoms with Gasteiger partial charge in [0.1, 0.15) is 12.3 Å². The molecule has 9 heteroatoms.